The summed E-state index contributed by atoms with van der Waals surface area (Å²) in [6, 6.07) is 6.80. The highest BCUT2D eigenvalue weighted by molar-refractivity contribution is 9.10. The molecular weight excluding hydrogens is 381 g/mol. The van der Waals surface area contributed by atoms with E-state index in [0.29, 0.717) is 5.69 Å². The number of halogens is 3. The lowest BCUT2D eigenvalue weighted by Crippen LogP contribution is -2.15. The van der Waals surface area contributed by atoms with Crippen molar-refractivity contribution in [2.24, 2.45) is 0 Å². The largest absolute Gasteiger partial charge is 0.279 e. The predicted octanol–water partition coefficient (Wildman–Crippen LogP) is 4.66. The number of hydrogen-bond donors (Lipinski definition) is 1. The van der Waals surface area contributed by atoms with E-state index in [1.807, 2.05) is 0 Å². The van der Waals surface area contributed by atoms with Crippen LogP contribution in [0, 0.1) is 19.7 Å². The molecule has 0 spiro atoms. The predicted molar refractivity (Wildman–Crippen MR) is 85.8 cm³/mol. The lowest BCUT2D eigenvalue weighted by molar-refractivity contribution is 0.595. The Labute approximate surface area is 136 Å². The summed E-state index contributed by atoms with van der Waals surface area (Å²) < 4.78 is 41.4. The van der Waals surface area contributed by atoms with Crippen molar-refractivity contribution >= 4 is 43.2 Å². The van der Waals surface area contributed by atoms with Crippen molar-refractivity contribution in [3.05, 3.63) is 56.8 Å². The molecule has 0 aliphatic carbocycles. The molecule has 0 bridgehead atoms. The van der Waals surface area contributed by atoms with E-state index >= 15 is 0 Å². The minimum absolute atomic E-state index is 0.0312. The van der Waals surface area contributed by atoms with Gasteiger partial charge in [-0.3, -0.25) is 4.72 Å². The van der Waals surface area contributed by atoms with Gasteiger partial charge in [-0.15, -0.1) is 0 Å². The summed E-state index contributed by atoms with van der Waals surface area (Å²) in [5.74, 6) is -0.663. The maximum atomic E-state index is 13.3. The van der Waals surface area contributed by atoms with Crippen molar-refractivity contribution in [3.63, 3.8) is 0 Å². The molecule has 0 aliphatic rings. The molecule has 0 aromatic heterocycles. The number of sulfonamides is 1. The van der Waals surface area contributed by atoms with Crippen LogP contribution in [0.1, 0.15) is 11.1 Å². The highest BCUT2D eigenvalue weighted by atomic mass is 79.9. The van der Waals surface area contributed by atoms with Gasteiger partial charge in [0.25, 0.3) is 10.0 Å². The van der Waals surface area contributed by atoms with Gasteiger partial charge in [-0.1, -0.05) is 27.5 Å². The molecule has 0 saturated heterocycles. The van der Waals surface area contributed by atoms with E-state index in [4.69, 9.17) is 11.6 Å². The smallest absolute Gasteiger partial charge is 0.263 e. The SMILES string of the molecule is Cc1cc(Br)cc(C)c1NS(=O)(=O)c1cc(F)ccc1Cl. The molecule has 112 valence electrons. The summed E-state index contributed by atoms with van der Waals surface area (Å²) in [7, 11) is -3.96. The van der Waals surface area contributed by atoms with Gasteiger partial charge in [0, 0.05) is 4.47 Å². The summed E-state index contributed by atoms with van der Waals surface area (Å²) in [5, 5.41) is -0.0312. The Kier molecular flexibility index (Phi) is 4.60. The third-order valence-corrected chi connectivity index (χ3v) is 5.21. The fraction of sp³-hybridized carbons (Fsp3) is 0.143. The summed E-state index contributed by atoms with van der Waals surface area (Å²) in [6.45, 7) is 3.56. The zero-order valence-corrected chi connectivity index (χ0v) is 14.4. The molecule has 0 heterocycles. The molecule has 0 aliphatic heterocycles. The van der Waals surface area contributed by atoms with Crippen molar-refractivity contribution in [1.29, 1.82) is 0 Å². The second-order valence-corrected chi connectivity index (χ2v) is 7.57. The molecule has 2 rings (SSSR count). The molecule has 2 aromatic carbocycles. The number of anilines is 1. The zero-order chi connectivity index (χ0) is 15.8. The van der Waals surface area contributed by atoms with Gasteiger partial charge in [-0.05, 0) is 55.3 Å². The quantitative estimate of drug-likeness (QED) is 0.826. The molecule has 3 nitrogen and oxygen atoms in total. The van der Waals surface area contributed by atoms with Crippen molar-refractivity contribution in [3.8, 4) is 0 Å². The first-order valence-electron chi connectivity index (χ1n) is 5.95. The van der Waals surface area contributed by atoms with Crippen LogP contribution in [0.2, 0.25) is 5.02 Å². The van der Waals surface area contributed by atoms with Crippen LogP contribution in [0.15, 0.2) is 39.7 Å². The van der Waals surface area contributed by atoms with Crippen molar-refractivity contribution in [2.75, 3.05) is 4.72 Å². The number of rotatable bonds is 3. The molecule has 7 heteroatoms. The lowest BCUT2D eigenvalue weighted by atomic mass is 10.1. The third kappa shape index (κ3) is 3.56. The fourth-order valence-corrected chi connectivity index (χ4v) is 4.35. The number of aryl methyl sites for hydroxylation is 2. The number of nitrogens with one attached hydrogen (secondary N) is 1. The van der Waals surface area contributed by atoms with Gasteiger partial charge >= 0.3 is 0 Å². The Bertz CT molecular complexity index is 786. The molecule has 2 aromatic rings. The summed E-state index contributed by atoms with van der Waals surface area (Å²) in [6.07, 6.45) is 0. The first kappa shape index (κ1) is 16.3. The van der Waals surface area contributed by atoms with Gasteiger partial charge in [0.2, 0.25) is 0 Å². The second kappa shape index (κ2) is 5.94. The monoisotopic (exact) mass is 391 g/mol. The molecule has 0 fully saturated rings. The van der Waals surface area contributed by atoms with E-state index in [2.05, 4.69) is 20.7 Å². The number of hydrogen-bond acceptors (Lipinski definition) is 2. The van der Waals surface area contributed by atoms with E-state index in [-0.39, 0.29) is 9.92 Å². The minimum Gasteiger partial charge on any atom is -0.279 e. The van der Waals surface area contributed by atoms with Crippen LogP contribution in [0.3, 0.4) is 0 Å². The molecule has 0 saturated carbocycles. The molecule has 1 N–H and O–H groups in total. The van der Waals surface area contributed by atoms with Gasteiger partial charge in [0.05, 0.1) is 10.7 Å². The van der Waals surface area contributed by atoms with Crippen LogP contribution in [-0.4, -0.2) is 8.42 Å². The van der Waals surface area contributed by atoms with Crippen LogP contribution in [0.25, 0.3) is 0 Å². The first-order valence-corrected chi connectivity index (χ1v) is 8.61. The molecule has 21 heavy (non-hydrogen) atoms. The van der Waals surface area contributed by atoms with Crippen LogP contribution in [0.5, 0.6) is 0 Å². The van der Waals surface area contributed by atoms with Gasteiger partial charge in [-0.2, -0.15) is 0 Å². The lowest BCUT2D eigenvalue weighted by Gasteiger charge is -2.14. The Hall–Kier alpha value is -1.11. The third-order valence-electron chi connectivity index (χ3n) is 2.92. The summed E-state index contributed by atoms with van der Waals surface area (Å²) in [5.41, 5.74) is 1.95. The number of benzene rings is 2. The molecule has 0 radical (unpaired) electrons. The van der Waals surface area contributed by atoms with Crippen LogP contribution < -0.4 is 4.72 Å². The Morgan fingerprint density at radius 3 is 2.29 bits per heavy atom. The van der Waals surface area contributed by atoms with E-state index in [9.17, 15) is 12.8 Å². The molecule has 0 unspecified atom stereocenters. The van der Waals surface area contributed by atoms with Crippen molar-refractivity contribution in [1.82, 2.24) is 0 Å². The minimum atomic E-state index is -3.96. The Morgan fingerprint density at radius 2 is 1.71 bits per heavy atom. The fourth-order valence-electron chi connectivity index (χ4n) is 1.94. The second-order valence-electron chi connectivity index (χ2n) is 4.59. The molecular formula is C14H12BrClFNO2S. The maximum absolute atomic E-state index is 13.3. The van der Waals surface area contributed by atoms with E-state index in [1.165, 1.54) is 6.07 Å². The van der Waals surface area contributed by atoms with Crippen LogP contribution >= 0.6 is 27.5 Å². The van der Waals surface area contributed by atoms with E-state index < -0.39 is 15.8 Å². The topological polar surface area (TPSA) is 46.2 Å². The van der Waals surface area contributed by atoms with Crippen LogP contribution in [0.4, 0.5) is 10.1 Å². The molecule has 0 amide bonds. The normalized spacial score (nSPS) is 11.5. The summed E-state index contributed by atoms with van der Waals surface area (Å²) >= 11 is 9.20. The van der Waals surface area contributed by atoms with E-state index in [0.717, 1.165) is 27.7 Å². The van der Waals surface area contributed by atoms with Gasteiger partial charge in [0.15, 0.2) is 0 Å². The van der Waals surface area contributed by atoms with Gasteiger partial charge in [-0.25, -0.2) is 12.8 Å². The van der Waals surface area contributed by atoms with Crippen LogP contribution in [-0.2, 0) is 10.0 Å². The van der Waals surface area contributed by atoms with E-state index in [1.54, 1.807) is 26.0 Å². The first-order chi connectivity index (χ1) is 9.70. The Balaban J connectivity index is 2.50. The zero-order valence-electron chi connectivity index (χ0n) is 11.2. The highest BCUT2D eigenvalue weighted by Gasteiger charge is 2.20. The van der Waals surface area contributed by atoms with Gasteiger partial charge < -0.3 is 0 Å². The maximum Gasteiger partial charge on any atom is 0.263 e. The Morgan fingerprint density at radius 1 is 1.14 bits per heavy atom. The molecule has 0 atom stereocenters. The average molecular weight is 393 g/mol. The van der Waals surface area contributed by atoms with Gasteiger partial charge in [0.1, 0.15) is 10.7 Å². The highest BCUT2D eigenvalue weighted by Crippen LogP contribution is 2.29. The van der Waals surface area contributed by atoms with Crippen molar-refractivity contribution < 1.29 is 12.8 Å². The summed E-state index contributed by atoms with van der Waals surface area (Å²) in [4.78, 5) is -0.286. The average Bonchev–Trinajstić information content (AvgIpc) is 2.36. The standard InChI is InChI=1S/C14H12BrClFNO2S/c1-8-5-10(15)6-9(2)14(8)18-21(19,20)13-7-11(17)3-4-12(13)16/h3-7,18H,1-2H3. The van der Waals surface area contributed by atoms with Crippen molar-refractivity contribution in [2.45, 2.75) is 18.7 Å².